The van der Waals surface area contributed by atoms with Gasteiger partial charge in [-0.25, -0.2) is 4.79 Å². The van der Waals surface area contributed by atoms with Crippen molar-refractivity contribution in [1.82, 2.24) is 20.1 Å². The maximum absolute atomic E-state index is 12.4. The van der Waals surface area contributed by atoms with Crippen molar-refractivity contribution < 1.29 is 26.6 Å². The fraction of sp³-hybridized carbons (Fsp3) is 0.357. The van der Waals surface area contributed by atoms with Crippen molar-refractivity contribution in [2.45, 2.75) is 24.9 Å². The van der Waals surface area contributed by atoms with Gasteiger partial charge in [-0.3, -0.25) is 9.54 Å². The Morgan fingerprint density at radius 2 is 2.04 bits per heavy atom. The first-order valence-electron chi connectivity index (χ1n) is 7.56. The largest absolute Gasteiger partial charge is 0.418 e. The molecule has 2 aliphatic rings. The number of urea groups is 1. The van der Waals surface area contributed by atoms with Gasteiger partial charge in [0, 0.05) is 30.6 Å². The molecule has 2 atom stereocenters. The van der Waals surface area contributed by atoms with Crippen LogP contribution in [0.2, 0.25) is 0 Å². The molecule has 2 aliphatic heterocycles. The van der Waals surface area contributed by atoms with E-state index in [1.807, 2.05) is 0 Å². The van der Waals surface area contributed by atoms with Crippen LogP contribution in [-0.2, 0) is 14.7 Å². The number of aromatic nitrogens is 2. The minimum absolute atomic E-state index is 0.288. The Labute approximate surface area is 142 Å². The van der Waals surface area contributed by atoms with Gasteiger partial charge in [0.15, 0.2) is 5.76 Å². The van der Waals surface area contributed by atoms with Crippen LogP contribution in [0.3, 0.4) is 0 Å². The van der Waals surface area contributed by atoms with Crippen LogP contribution in [0, 0.1) is 0 Å². The molecule has 4 rings (SSSR count). The summed E-state index contributed by atoms with van der Waals surface area (Å²) in [7, 11) is -4.75. The van der Waals surface area contributed by atoms with Crippen LogP contribution in [0.5, 0.6) is 0 Å². The molecule has 0 aliphatic carbocycles. The fourth-order valence-corrected chi connectivity index (χ4v) is 3.63. The molecule has 0 saturated carbocycles. The number of carbonyl (C=O) groups is 1. The van der Waals surface area contributed by atoms with Gasteiger partial charge >= 0.3 is 16.4 Å². The van der Waals surface area contributed by atoms with E-state index in [2.05, 4.69) is 14.4 Å². The van der Waals surface area contributed by atoms with Crippen molar-refractivity contribution in [2.75, 3.05) is 6.54 Å². The van der Waals surface area contributed by atoms with Crippen LogP contribution < -0.4 is 0 Å². The third-order valence-electron chi connectivity index (χ3n) is 4.33. The van der Waals surface area contributed by atoms with Crippen LogP contribution in [0.4, 0.5) is 4.79 Å². The summed E-state index contributed by atoms with van der Waals surface area (Å²) in [5.41, 5.74) is 1.39. The number of nitrogens with zero attached hydrogens (tertiary/aromatic N) is 4. The molecule has 132 valence electrons. The summed E-state index contributed by atoms with van der Waals surface area (Å²) in [6.45, 7) is 0.288. The topological polar surface area (TPSA) is 126 Å². The lowest BCUT2D eigenvalue weighted by molar-refractivity contribution is -0.0317. The monoisotopic (exact) mass is 366 g/mol. The minimum Gasteiger partial charge on any atom is -0.356 e. The Hall–Kier alpha value is -2.50. The van der Waals surface area contributed by atoms with Gasteiger partial charge in [-0.05, 0) is 25.0 Å². The molecule has 2 aromatic rings. The number of rotatable bonds is 4. The molecule has 0 spiro atoms. The average Bonchev–Trinajstić information content (AvgIpc) is 3.16. The molecule has 2 saturated heterocycles. The van der Waals surface area contributed by atoms with Crippen LogP contribution >= 0.6 is 0 Å². The maximum atomic E-state index is 12.4. The zero-order chi connectivity index (χ0) is 17.6. The number of pyridine rings is 1. The van der Waals surface area contributed by atoms with Crippen LogP contribution in [0.25, 0.3) is 11.3 Å². The van der Waals surface area contributed by atoms with Gasteiger partial charge in [0.05, 0.1) is 12.1 Å². The molecule has 0 aromatic carbocycles. The summed E-state index contributed by atoms with van der Waals surface area (Å²) < 4.78 is 40.4. The lowest BCUT2D eigenvalue weighted by atomic mass is 9.98. The molecule has 0 radical (unpaired) electrons. The number of piperidine rings is 1. The second-order valence-corrected chi connectivity index (χ2v) is 6.87. The first-order valence-corrected chi connectivity index (χ1v) is 8.93. The van der Waals surface area contributed by atoms with Crippen molar-refractivity contribution in [3.05, 3.63) is 36.3 Å². The molecule has 11 heteroatoms. The molecular formula is C14H14N4O6S. The summed E-state index contributed by atoms with van der Waals surface area (Å²) in [5.74, 6) is 0.553. The summed E-state index contributed by atoms with van der Waals surface area (Å²) >= 11 is 0. The number of fused-ring (bicyclic) bond motifs is 2. The molecule has 10 nitrogen and oxygen atoms in total. The van der Waals surface area contributed by atoms with E-state index in [9.17, 15) is 13.2 Å². The number of hydroxylamine groups is 2. The lowest BCUT2D eigenvalue weighted by Crippen LogP contribution is -2.35. The molecule has 2 amide bonds. The first-order chi connectivity index (χ1) is 11.9. The molecule has 4 heterocycles. The number of hydrogen-bond donors (Lipinski definition) is 1. The van der Waals surface area contributed by atoms with E-state index in [4.69, 9.17) is 9.08 Å². The third-order valence-corrected chi connectivity index (χ3v) is 4.68. The highest BCUT2D eigenvalue weighted by Crippen LogP contribution is 2.39. The van der Waals surface area contributed by atoms with Gasteiger partial charge in [-0.1, -0.05) is 5.16 Å². The van der Waals surface area contributed by atoms with Crippen molar-refractivity contribution >= 4 is 16.4 Å². The van der Waals surface area contributed by atoms with E-state index in [0.29, 0.717) is 29.4 Å². The van der Waals surface area contributed by atoms with E-state index >= 15 is 0 Å². The zero-order valence-electron chi connectivity index (χ0n) is 12.8. The Kier molecular flexibility index (Phi) is 3.71. The summed E-state index contributed by atoms with van der Waals surface area (Å²) in [5, 5.41) is 4.76. The van der Waals surface area contributed by atoms with Gasteiger partial charge in [-0.2, -0.15) is 13.5 Å². The minimum atomic E-state index is -4.75. The highest BCUT2D eigenvalue weighted by molar-refractivity contribution is 7.80. The molecule has 2 bridgehead atoms. The Bertz CT molecular complexity index is 899. The van der Waals surface area contributed by atoms with Gasteiger partial charge in [0.1, 0.15) is 5.69 Å². The van der Waals surface area contributed by atoms with Gasteiger partial charge in [0.2, 0.25) is 0 Å². The number of amides is 2. The van der Waals surface area contributed by atoms with Crippen molar-refractivity contribution in [2.24, 2.45) is 0 Å². The van der Waals surface area contributed by atoms with E-state index in [1.165, 1.54) is 4.90 Å². The SMILES string of the molecule is O=C1N2C[C@@H](CC[C@H]2c2cc(-c3ccncc3)on2)N1OS(=O)(=O)O. The lowest BCUT2D eigenvalue weighted by Gasteiger charge is -2.28. The zero-order valence-corrected chi connectivity index (χ0v) is 13.7. The fourth-order valence-electron chi connectivity index (χ4n) is 3.24. The quantitative estimate of drug-likeness (QED) is 0.805. The second kappa shape index (κ2) is 5.79. The molecule has 1 N–H and O–H groups in total. The maximum Gasteiger partial charge on any atom is 0.418 e. The van der Waals surface area contributed by atoms with Gasteiger partial charge < -0.3 is 9.42 Å². The van der Waals surface area contributed by atoms with E-state index < -0.39 is 22.5 Å². The predicted molar refractivity (Wildman–Crippen MR) is 82.1 cm³/mol. The average molecular weight is 366 g/mol. The Balaban J connectivity index is 1.57. The summed E-state index contributed by atoms with van der Waals surface area (Å²) in [6.07, 6.45) is 4.36. The third kappa shape index (κ3) is 2.97. The van der Waals surface area contributed by atoms with Crippen molar-refractivity contribution in [3.63, 3.8) is 0 Å². The molecular weight excluding hydrogens is 352 g/mol. The molecule has 2 fully saturated rings. The first kappa shape index (κ1) is 16.0. The Morgan fingerprint density at radius 1 is 1.28 bits per heavy atom. The van der Waals surface area contributed by atoms with Crippen LogP contribution in [0.1, 0.15) is 24.6 Å². The summed E-state index contributed by atoms with van der Waals surface area (Å²) in [4.78, 5) is 17.8. The smallest absolute Gasteiger partial charge is 0.356 e. The van der Waals surface area contributed by atoms with E-state index in [-0.39, 0.29) is 12.6 Å². The van der Waals surface area contributed by atoms with Gasteiger partial charge in [0.25, 0.3) is 0 Å². The van der Waals surface area contributed by atoms with Gasteiger partial charge in [-0.15, -0.1) is 4.28 Å². The normalized spacial score (nSPS) is 23.3. The van der Waals surface area contributed by atoms with E-state index in [1.54, 1.807) is 30.6 Å². The van der Waals surface area contributed by atoms with Crippen molar-refractivity contribution in [3.8, 4) is 11.3 Å². The number of hydrogen-bond acceptors (Lipinski definition) is 7. The number of carbonyl (C=O) groups excluding carboxylic acids is 1. The molecule has 0 unspecified atom stereocenters. The van der Waals surface area contributed by atoms with Crippen molar-refractivity contribution in [1.29, 1.82) is 0 Å². The predicted octanol–water partition coefficient (Wildman–Crippen LogP) is 1.41. The molecule has 2 aromatic heterocycles. The van der Waals surface area contributed by atoms with E-state index in [0.717, 1.165) is 5.56 Å². The standard InChI is InChI=1S/C14H14N4O6S/c19-14-17-8-10(18(14)24-25(20,21)22)1-2-12(17)11-7-13(23-16-11)9-3-5-15-6-4-9/h3-7,10,12H,1-2,8H2,(H,20,21,22)/t10-,12+/m1/s1. The highest BCUT2D eigenvalue weighted by atomic mass is 32.3. The molecule has 25 heavy (non-hydrogen) atoms. The Morgan fingerprint density at radius 3 is 2.76 bits per heavy atom. The summed E-state index contributed by atoms with van der Waals surface area (Å²) in [6, 6.07) is 3.90. The van der Waals surface area contributed by atoms with Crippen LogP contribution in [0.15, 0.2) is 35.1 Å². The highest BCUT2D eigenvalue weighted by Gasteiger charge is 2.48. The van der Waals surface area contributed by atoms with Crippen LogP contribution in [-0.4, -0.2) is 51.7 Å². The second-order valence-electron chi connectivity index (χ2n) is 5.86.